The minimum absolute atomic E-state index is 0.0140. The maximum absolute atomic E-state index is 12.5. The van der Waals surface area contributed by atoms with Gasteiger partial charge in [-0.15, -0.1) is 11.3 Å². The van der Waals surface area contributed by atoms with Crippen LogP contribution in [-0.4, -0.2) is 27.6 Å². The molecule has 8 heteroatoms. The summed E-state index contributed by atoms with van der Waals surface area (Å²) in [6.45, 7) is 0.602. The van der Waals surface area contributed by atoms with Crippen molar-refractivity contribution in [3.8, 4) is 0 Å². The van der Waals surface area contributed by atoms with E-state index >= 15 is 0 Å². The Balaban J connectivity index is 1.38. The van der Waals surface area contributed by atoms with Crippen LogP contribution in [0.2, 0.25) is 0 Å². The van der Waals surface area contributed by atoms with Crippen molar-refractivity contribution >= 4 is 85.8 Å². The van der Waals surface area contributed by atoms with Crippen LogP contribution >= 0.6 is 57.9 Å². The Hall–Kier alpha value is -1.23. The molecule has 0 radical (unpaired) electrons. The third kappa shape index (κ3) is 6.13. The molecule has 0 aliphatic carbocycles. The van der Waals surface area contributed by atoms with Crippen LogP contribution in [0.5, 0.6) is 0 Å². The summed E-state index contributed by atoms with van der Waals surface area (Å²) in [5, 5.41) is 4.89. The Morgan fingerprint density at radius 2 is 1.96 bits per heavy atom. The number of halogens is 1. The van der Waals surface area contributed by atoms with Gasteiger partial charge in [0.15, 0.2) is 0 Å². The SMILES string of the molecule is O=C(CCCCCN1C(=O)/C(=C/c2cccs2)SC1=S)Nc1ccc(I)cc1. The van der Waals surface area contributed by atoms with Crippen LogP contribution < -0.4 is 5.32 Å². The van der Waals surface area contributed by atoms with E-state index < -0.39 is 0 Å². The van der Waals surface area contributed by atoms with Gasteiger partial charge in [-0.05, 0) is 77.2 Å². The number of hydrogen-bond donors (Lipinski definition) is 1. The minimum atomic E-state index is -0.0140. The Bertz CT molecular complexity index is 879. The fourth-order valence-corrected chi connectivity index (χ4v) is 5.08. The lowest BCUT2D eigenvalue weighted by molar-refractivity contribution is -0.122. The zero-order valence-corrected chi connectivity index (χ0v) is 19.6. The summed E-state index contributed by atoms with van der Waals surface area (Å²) in [5.74, 6) is 0.00514. The van der Waals surface area contributed by atoms with Gasteiger partial charge in [0.1, 0.15) is 4.32 Å². The average molecular weight is 542 g/mol. The fraction of sp³-hybridized carbons (Fsp3) is 0.250. The molecule has 1 fully saturated rings. The number of thiophene rings is 1. The second-order valence-corrected chi connectivity index (χ2v) is 10.1. The molecule has 0 unspecified atom stereocenters. The molecule has 2 amide bonds. The topological polar surface area (TPSA) is 49.4 Å². The highest BCUT2D eigenvalue weighted by atomic mass is 127. The summed E-state index contributed by atoms with van der Waals surface area (Å²) in [5.41, 5.74) is 0.820. The van der Waals surface area contributed by atoms with Gasteiger partial charge in [-0.3, -0.25) is 14.5 Å². The second kappa shape index (κ2) is 10.5. The van der Waals surface area contributed by atoms with Gasteiger partial charge < -0.3 is 5.32 Å². The molecular weight excluding hydrogens is 523 g/mol. The maximum atomic E-state index is 12.5. The minimum Gasteiger partial charge on any atom is -0.326 e. The van der Waals surface area contributed by atoms with Crippen molar-refractivity contribution in [1.82, 2.24) is 4.90 Å². The first-order chi connectivity index (χ1) is 13.5. The molecule has 0 bridgehead atoms. The number of amides is 2. The van der Waals surface area contributed by atoms with E-state index in [0.717, 1.165) is 33.4 Å². The summed E-state index contributed by atoms with van der Waals surface area (Å²) < 4.78 is 1.75. The van der Waals surface area contributed by atoms with Crippen LogP contribution in [0.1, 0.15) is 30.6 Å². The number of hydrogen-bond acceptors (Lipinski definition) is 5. The number of nitrogens with zero attached hydrogens (tertiary/aromatic N) is 1. The molecule has 3 rings (SSSR count). The summed E-state index contributed by atoms with van der Waals surface area (Å²) >= 11 is 10.6. The molecule has 0 spiro atoms. The van der Waals surface area contributed by atoms with E-state index in [4.69, 9.17) is 12.2 Å². The van der Waals surface area contributed by atoms with Gasteiger partial charge in [0.05, 0.1) is 4.91 Å². The number of anilines is 1. The molecule has 1 N–H and O–H groups in total. The summed E-state index contributed by atoms with van der Waals surface area (Å²) in [7, 11) is 0. The van der Waals surface area contributed by atoms with E-state index in [1.54, 1.807) is 16.2 Å². The molecule has 1 aliphatic heterocycles. The van der Waals surface area contributed by atoms with Crippen molar-refractivity contribution in [3.63, 3.8) is 0 Å². The normalized spacial score (nSPS) is 15.5. The van der Waals surface area contributed by atoms with E-state index in [9.17, 15) is 9.59 Å². The summed E-state index contributed by atoms with van der Waals surface area (Å²) in [6.07, 6.45) is 4.87. The summed E-state index contributed by atoms with van der Waals surface area (Å²) in [4.78, 5) is 27.9. The summed E-state index contributed by atoms with van der Waals surface area (Å²) in [6, 6.07) is 11.7. The van der Waals surface area contributed by atoms with Gasteiger partial charge in [0.25, 0.3) is 5.91 Å². The van der Waals surface area contributed by atoms with Crippen LogP contribution in [0.4, 0.5) is 5.69 Å². The Kier molecular flexibility index (Phi) is 8.07. The molecule has 4 nitrogen and oxygen atoms in total. The van der Waals surface area contributed by atoms with E-state index in [1.807, 2.05) is 47.9 Å². The maximum Gasteiger partial charge on any atom is 0.266 e. The van der Waals surface area contributed by atoms with Gasteiger partial charge in [-0.1, -0.05) is 36.5 Å². The van der Waals surface area contributed by atoms with Gasteiger partial charge in [0.2, 0.25) is 5.91 Å². The highest BCUT2D eigenvalue weighted by Crippen LogP contribution is 2.33. The monoisotopic (exact) mass is 542 g/mol. The van der Waals surface area contributed by atoms with Crippen molar-refractivity contribution in [2.45, 2.75) is 25.7 Å². The molecule has 1 aromatic heterocycles. The van der Waals surface area contributed by atoms with Crippen molar-refractivity contribution < 1.29 is 9.59 Å². The number of nitrogens with one attached hydrogen (secondary N) is 1. The first kappa shape index (κ1) is 21.5. The smallest absolute Gasteiger partial charge is 0.266 e. The molecular formula is C20H19IN2O2S3. The van der Waals surface area contributed by atoms with E-state index in [0.29, 0.717) is 22.2 Å². The lowest BCUT2D eigenvalue weighted by Gasteiger charge is -2.14. The largest absolute Gasteiger partial charge is 0.326 e. The highest BCUT2D eigenvalue weighted by molar-refractivity contribution is 14.1. The first-order valence-corrected chi connectivity index (χ1v) is 12.1. The number of thiocarbonyl (C=S) groups is 1. The standard InChI is InChI=1S/C20H19IN2O2S3/c21-14-7-9-15(10-8-14)22-18(24)6-2-1-3-11-23-19(25)17(28-20(23)26)13-16-5-4-12-27-16/h4-5,7-10,12-13H,1-3,6,11H2,(H,22,24)/b17-13-. The highest BCUT2D eigenvalue weighted by Gasteiger charge is 2.31. The van der Waals surface area contributed by atoms with Crippen LogP contribution in [0.15, 0.2) is 46.7 Å². The van der Waals surface area contributed by atoms with Crippen LogP contribution in [0, 0.1) is 3.57 Å². The molecule has 0 atom stereocenters. The van der Waals surface area contributed by atoms with Crippen molar-refractivity contribution in [3.05, 3.63) is 55.1 Å². The van der Waals surface area contributed by atoms with E-state index in [1.165, 1.54) is 11.8 Å². The lowest BCUT2D eigenvalue weighted by Crippen LogP contribution is -2.29. The molecule has 2 aromatic rings. The Labute approximate surface area is 191 Å². The zero-order chi connectivity index (χ0) is 19.9. The predicted molar refractivity (Wildman–Crippen MR) is 130 cm³/mol. The zero-order valence-electron chi connectivity index (χ0n) is 15.0. The number of unbranched alkanes of at least 4 members (excludes halogenated alkanes) is 2. The molecule has 28 heavy (non-hydrogen) atoms. The molecule has 2 heterocycles. The van der Waals surface area contributed by atoms with Gasteiger partial charge >= 0.3 is 0 Å². The van der Waals surface area contributed by atoms with Gasteiger partial charge in [-0.25, -0.2) is 0 Å². The third-order valence-corrected chi connectivity index (χ3v) is 7.02. The Morgan fingerprint density at radius 1 is 1.18 bits per heavy atom. The predicted octanol–water partition coefficient (Wildman–Crippen LogP) is 5.75. The van der Waals surface area contributed by atoms with Gasteiger partial charge in [0, 0.05) is 27.1 Å². The van der Waals surface area contributed by atoms with E-state index in [2.05, 4.69) is 27.9 Å². The fourth-order valence-electron chi connectivity index (χ4n) is 2.68. The van der Waals surface area contributed by atoms with Crippen LogP contribution in [0.3, 0.4) is 0 Å². The van der Waals surface area contributed by atoms with Crippen molar-refractivity contribution in [2.75, 3.05) is 11.9 Å². The lowest BCUT2D eigenvalue weighted by atomic mass is 10.1. The quantitative estimate of drug-likeness (QED) is 0.200. The average Bonchev–Trinajstić information content (AvgIpc) is 3.27. The molecule has 1 saturated heterocycles. The van der Waals surface area contributed by atoms with Gasteiger partial charge in [-0.2, -0.15) is 0 Å². The number of benzene rings is 1. The number of rotatable bonds is 8. The Morgan fingerprint density at radius 3 is 2.68 bits per heavy atom. The molecule has 1 aromatic carbocycles. The van der Waals surface area contributed by atoms with Crippen LogP contribution in [0.25, 0.3) is 6.08 Å². The number of carbonyl (C=O) groups is 2. The van der Waals surface area contributed by atoms with Crippen molar-refractivity contribution in [2.24, 2.45) is 0 Å². The van der Waals surface area contributed by atoms with Crippen LogP contribution in [-0.2, 0) is 9.59 Å². The molecule has 1 aliphatic rings. The van der Waals surface area contributed by atoms with Crippen molar-refractivity contribution in [1.29, 1.82) is 0 Å². The number of carbonyl (C=O) groups excluding carboxylic acids is 2. The first-order valence-electron chi connectivity index (χ1n) is 8.87. The third-order valence-electron chi connectivity index (χ3n) is 4.10. The molecule has 146 valence electrons. The van der Waals surface area contributed by atoms with E-state index in [-0.39, 0.29) is 11.8 Å². The number of thioether (sulfide) groups is 1. The molecule has 0 saturated carbocycles. The second-order valence-electron chi connectivity index (χ2n) is 6.21.